The predicted octanol–water partition coefficient (Wildman–Crippen LogP) is 3.50. The molecule has 0 fully saturated rings. The number of halogens is 2. The number of aryl methyl sites for hydroxylation is 1. The molecule has 1 N–H and O–H groups in total. The molecule has 108 valence electrons. The Labute approximate surface area is 130 Å². The second-order valence-electron chi connectivity index (χ2n) is 4.62. The first kappa shape index (κ1) is 14.1. The second kappa shape index (κ2) is 5.50. The number of aromatic amines is 1. The van der Waals surface area contributed by atoms with Gasteiger partial charge in [0.2, 0.25) is 0 Å². The van der Waals surface area contributed by atoms with E-state index in [9.17, 15) is 4.79 Å². The Morgan fingerprint density at radius 3 is 2.71 bits per heavy atom. The van der Waals surface area contributed by atoms with Gasteiger partial charge in [-0.2, -0.15) is 0 Å². The number of hydrogen-bond acceptors (Lipinski definition) is 3. The standard InChI is InChI=1S/C14H12Cl2N4O/c1-2-5-20-12-11(10-4-3-8(15)6-17-10)9(16)7-18-13(12)19-14(20)21/h3-4,6-7H,2,5H2,1H3,(H,18,19,21). The molecule has 0 amide bonds. The van der Waals surface area contributed by atoms with Crippen LogP contribution in [-0.4, -0.2) is 19.5 Å². The van der Waals surface area contributed by atoms with Gasteiger partial charge in [-0.15, -0.1) is 0 Å². The molecule has 0 radical (unpaired) electrons. The summed E-state index contributed by atoms with van der Waals surface area (Å²) in [6, 6.07) is 3.51. The number of pyridine rings is 2. The van der Waals surface area contributed by atoms with E-state index in [1.807, 2.05) is 6.92 Å². The van der Waals surface area contributed by atoms with Crippen molar-refractivity contribution in [3.63, 3.8) is 0 Å². The minimum absolute atomic E-state index is 0.197. The van der Waals surface area contributed by atoms with Gasteiger partial charge in [-0.05, 0) is 18.6 Å². The summed E-state index contributed by atoms with van der Waals surface area (Å²) in [5.41, 5.74) is 2.32. The quantitative estimate of drug-likeness (QED) is 0.802. The van der Waals surface area contributed by atoms with E-state index in [0.29, 0.717) is 39.0 Å². The molecular weight excluding hydrogens is 311 g/mol. The van der Waals surface area contributed by atoms with Gasteiger partial charge < -0.3 is 0 Å². The van der Waals surface area contributed by atoms with Crippen molar-refractivity contribution in [2.24, 2.45) is 0 Å². The van der Waals surface area contributed by atoms with E-state index in [4.69, 9.17) is 23.2 Å². The molecule has 3 heterocycles. The molecule has 0 unspecified atom stereocenters. The molecule has 0 bridgehead atoms. The number of nitrogens with one attached hydrogen (secondary N) is 1. The van der Waals surface area contributed by atoms with Crippen molar-refractivity contribution >= 4 is 34.4 Å². The summed E-state index contributed by atoms with van der Waals surface area (Å²) in [6.45, 7) is 2.59. The van der Waals surface area contributed by atoms with Crippen LogP contribution in [0.1, 0.15) is 13.3 Å². The average molecular weight is 323 g/mol. The number of H-pyrrole nitrogens is 1. The third kappa shape index (κ3) is 2.43. The largest absolute Gasteiger partial charge is 0.327 e. The van der Waals surface area contributed by atoms with Crippen LogP contribution in [0.25, 0.3) is 22.4 Å². The molecule has 7 heteroatoms. The van der Waals surface area contributed by atoms with Gasteiger partial charge in [0.25, 0.3) is 0 Å². The van der Waals surface area contributed by atoms with Gasteiger partial charge in [0.15, 0.2) is 5.65 Å². The predicted molar refractivity (Wildman–Crippen MR) is 83.9 cm³/mol. The molecule has 21 heavy (non-hydrogen) atoms. The zero-order chi connectivity index (χ0) is 15.0. The van der Waals surface area contributed by atoms with Crippen LogP contribution in [0.5, 0.6) is 0 Å². The van der Waals surface area contributed by atoms with Crippen molar-refractivity contribution in [1.29, 1.82) is 0 Å². The Kier molecular flexibility index (Phi) is 3.69. The molecule has 0 aliphatic heterocycles. The smallest absolute Gasteiger partial charge is 0.290 e. The average Bonchev–Trinajstić information content (AvgIpc) is 2.78. The van der Waals surface area contributed by atoms with Crippen molar-refractivity contribution in [3.05, 3.63) is 45.1 Å². The SMILES string of the molecule is CCCn1c(=O)[nH]c2ncc(Cl)c(-c3ccc(Cl)cn3)c21. The van der Waals surface area contributed by atoms with Crippen LogP contribution in [0.2, 0.25) is 10.0 Å². The van der Waals surface area contributed by atoms with Gasteiger partial charge in [-0.1, -0.05) is 30.1 Å². The molecular formula is C14H12Cl2N4O. The van der Waals surface area contributed by atoms with E-state index >= 15 is 0 Å². The van der Waals surface area contributed by atoms with E-state index in [0.717, 1.165) is 6.42 Å². The van der Waals surface area contributed by atoms with Crippen LogP contribution in [0, 0.1) is 0 Å². The van der Waals surface area contributed by atoms with Gasteiger partial charge in [0, 0.05) is 24.5 Å². The van der Waals surface area contributed by atoms with Crippen molar-refractivity contribution in [2.45, 2.75) is 19.9 Å². The van der Waals surface area contributed by atoms with Crippen molar-refractivity contribution < 1.29 is 0 Å². The van der Waals surface area contributed by atoms with Gasteiger partial charge in [0.1, 0.15) is 0 Å². The summed E-state index contributed by atoms with van der Waals surface area (Å²) in [5.74, 6) is 0. The molecule has 3 aromatic rings. The van der Waals surface area contributed by atoms with Gasteiger partial charge in [-0.3, -0.25) is 14.5 Å². The normalized spacial score (nSPS) is 11.2. The first-order valence-corrected chi connectivity index (χ1v) is 7.26. The highest BCUT2D eigenvalue weighted by Crippen LogP contribution is 2.32. The lowest BCUT2D eigenvalue weighted by Crippen LogP contribution is -2.16. The topological polar surface area (TPSA) is 63.6 Å². The van der Waals surface area contributed by atoms with E-state index in [1.54, 1.807) is 22.9 Å². The molecule has 0 aliphatic rings. The molecule has 0 aromatic carbocycles. The maximum absolute atomic E-state index is 12.1. The summed E-state index contributed by atoms with van der Waals surface area (Å²) in [5, 5.41) is 0.987. The number of nitrogens with zero attached hydrogens (tertiary/aromatic N) is 3. The molecule has 3 aromatic heterocycles. The van der Waals surface area contributed by atoms with Gasteiger partial charge in [0.05, 0.1) is 21.3 Å². The van der Waals surface area contributed by atoms with E-state index in [-0.39, 0.29) is 5.69 Å². The highest BCUT2D eigenvalue weighted by atomic mass is 35.5. The van der Waals surface area contributed by atoms with Crippen molar-refractivity contribution in [3.8, 4) is 11.3 Å². The Balaban J connectivity index is 2.37. The summed E-state index contributed by atoms with van der Waals surface area (Å²) in [6.07, 6.45) is 3.89. The minimum atomic E-state index is -0.197. The van der Waals surface area contributed by atoms with Crippen molar-refractivity contribution in [2.75, 3.05) is 0 Å². The molecule has 0 saturated carbocycles. The number of rotatable bonds is 3. The Hall–Kier alpha value is -1.85. The molecule has 0 saturated heterocycles. The van der Waals surface area contributed by atoms with Crippen LogP contribution in [0.4, 0.5) is 0 Å². The Bertz CT molecular complexity index is 852. The Morgan fingerprint density at radius 2 is 2.05 bits per heavy atom. The molecule has 0 atom stereocenters. The fraction of sp³-hybridized carbons (Fsp3) is 0.214. The van der Waals surface area contributed by atoms with Crippen molar-refractivity contribution in [1.82, 2.24) is 19.5 Å². The molecule has 5 nitrogen and oxygen atoms in total. The lowest BCUT2D eigenvalue weighted by Gasteiger charge is -2.08. The number of aromatic nitrogens is 4. The second-order valence-corrected chi connectivity index (χ2v) is 5.47. The van der Waals surface area contributed by atoms with Crippen LogP contribution in [-0.2, 0) is 6.54 Å². The fourth-order valence-electron chi connectivity index (χ4n) is 2.31. The maximum Gasteiger partial charge on any atom is 0.327 e. The molecule has 0 spiro atoms. The van der Waals surface area contributed by atoms with E-state index in [2.05, 4.69) is 15.0 Å². The maximum atomic E-state index is 12.1. The molecule has 3 rings (SSSR count). The van der Waals surface area contributed by atoms with Gasteiger partial charge in [-0.25, -0.2) is 9.78 Å². The zero-order valence-corrected chi connectivity index (χ0v) is 12.7. The third-order valence-electron chi connectivity index (χ3n) is 3.18. The van der Waals surface area contributed by atoms with Crippen LogP contribution < -0.4 is 5.69 Å². The fourth-order valence-corrected chi connectivity index (χ4v) is 2.65. The molecule has 0 aliphatic carbocycles. The van der Waals surface area contributed by atoms with Gasteiger partial charge >= 0.3 is 5.69 Å². The zero-order valence-electron chi connectivity index (χ0n) is 11.2. The summed E-state index contributed by atoms with van der Waals surface area (Å²) in [4.78, 5) is 23.3. The van der Waals surface area contributed by atoms with E-state index in [1.165, 1.54) is 6.20 Å². The lowest BCUT2D eigenvalue weighted by molar-refractivity contribution is 0.675. The number of imidazole rings is 1. The number of hydrogen-bond donors (Lipinski definition) is 1. The first-order chi connectivity index (χ1) is 10.1. The highest BCUT2D eigenvalue weighted by molar-refractivity contribution is 6.34. The van der Waals surface area contributed by atoms with Crippen LogP contribution >= 0.6 is 23.2 Å². The monoisotopic (exact) mass is 322 g/mol. The first-order valence-electron chi connectivity index (χ1n) is 6.50. The van der Waals surface area contributed by atoms with E-state index < -0.39 is 0 Å². The summed E-state index contributed by atoms with van der Waals surface area (Å²) >= 11 is 12.2. The number of fused-ring (bicyclic) bond motifs is 1. The lowest BCUT2D eigenvalue weighted by atomic mass is 10.1. The Morgan fingerprint density at radius 1 is 1.24 bits per heavy atom. The summed E-state index contributed by atoms with van der Waals surface area (Å²) < 4.78 is 1.64. The minimum Gasteiger partial charge on any atom is -0.290 e. The highest BCUT2D eigenvalue weighted by Gasteiger charge is 2.17. The third-order valence-corrected chi connectivity index (χ3v) is 3.69. The summed E-state index contributed by atoms with van der Waals surface area (Å²) in [7, 11) is 0. The van der Waals surface area contributed by atoms with Crippen LogP contribution in [0.15, 0.2) is 29.3 Å². The van der Waals surface area contributed by atoms with Crippen LogP contribution in [0.3, 0.4) is 0 Å².